The minimum absolute atomic E-state index is 0.0747. The molecule has 1 N–H and O–H groups in total. The first kappa shape index (κ1) is 13.6. The van der Waals surface area contributed by atoms with Gasteiger partial charge in [0.05, 0.1) is 0 Å². The van der Waals surface area contributed by atoms with Crippen LogP contribution in [0.25, 0.3) is 0 Å². The van der Waals surface area contributed by atoms with Crippen molar-refractivity contribution in [2.24, 2.45) is 0 Å². The number of ketones is 2. The van der Waals surface area contributed by atoms with Gasteiger partial charge in [-0.2, -0.15) is 0 Å². The largest absolute Gasteiger partial charge is 0.361 e. The van der Waals surface area contributed by atoms with Crippen LogP contribution in [0.5, 0.6) is 0 Å². The molecule has 0 aliphatic carbocycles. The van der Waals surface area contributed by atoms with Crippen LogP contribution in [0.1, 0.15) is 41.0 Å². The van der Waals surface area contributed by atoms with E-state index in [0.29, 0.717) is 0 Å². The van der Waals surface area contributed by atoms with Gasteiger partial charge in [-0.25, -0.2) is 0 Å². The van der Waals surface area contributed by atoms with Gasteiger partial charge in [-0.05, 0) is 27.7 Å². The predicted molar refractivity (Wildman–Crippen MR) is 59.4 cm³/mol. The van der Waals surface area contributed by atoms with Crippen molar-refractivity contribution < 1.29 is 28.9 Å². The Bertz CT molecular complexity index is 374. The molecule has 2 aliphatic heterocycles. The first-order valence-electron chi connectivity index (χ1n) is 5.81. The summed E-state index contributed by atoms with van der Waals surface area (Å²) in [6, 6.07) is 0. The van der Waals surface area contributed by atoms with Gasteiger partial charge in [0.1, 0.15) is 5.60 Å². The summed E-state index contributed by atoms with van der Waals surface area (Å²) in [6.45, 7) is 7.13. The molecule has 0 bridgehead atoms. The average molecular weight is 258 g/mol. The van der Waals surface area contributed by atoms with Gasteiger partial charge in [-0.15, -0.1) is 0 Å². The molecule has 0 saturated carbocycles. The fourth-order valence-electron chi connectivity index (χ4n) is 2.45. The molecule has 0 aromatic carbocycles. The normalized spacial score (nSPS) is 51.2. The van der Waals surface area contributed by atoms with Gasteiger partial charge in [0.15, 0.2) is 11.6 Å². The highest BCUT2D eigenvalue weighted by Crippen LogP contribution is 2.55. The number of aliphatic hydroxyl groups is 1. The third-order valence-corrected chi connectivity index (χ3v) is 3.84. The second-order valence-corrected chi connectivity index (χ2v) is 5.50. The van der Waals surface area contributed by atoms with E-state index in [2.05, 4.69) is 0 Å². The molecule has 6 heteroatoms. The van der Waals surface area contributed by atoms with Gasteiger partial charge < -0.3 is 19.3 Å². The third kappa shape index (κ3) is 1.56. The maximum absolute atomic E-state index is 11.6. The van der Waals surface area contributed by atoms with Gasteiger partial charge in [-0.3, -0.25) is 9.59 Å². The van der Waals surface area contributed by atoms with Crippen molar-refractivity contribution in [3.63, 3.8) is 0 Å². The summed E-state index contributed by atoms with van der Waals surface area (Å²) in [6.07, 6.45) is -0.0747. The third-order valence-electron chi connectivity index (χ3n) is 3.84. The highest BCUT2D eigenvalue weighted by molar-refractivity contribution is 5.86. The van der Waals surface area contributed by atoms with Gasteiger partial charge in [0, 0.05) is 13.3 Å². The van der Waals surface area contributed by atoms with Crippen LogP contribution in [0, 0.1) is 0 Å². The monoisotopic (exact) mass is 258 g/mol. The summed E-state index contributed by atoms with van der Waals surface area (Å²) >= 11 is 0. The van der Waals surface area contributed by atoms with Crippen molar-refractivity contribution in [3.8, 4) is 0 Å². The van der Waals surface area contributed by atoms with Crippen LogP contribution in [0.2, 0.25) is 0 Å². The molecule has 2 aliphatic rings. The maximum Gasteiger partial charge on any atom is 0.231 e. The molecule has 2 heterocycles. The van der Waals surface area contributed by atoms with Gasteiger partial charge in [0.2, 0.25) is 17.4 Å². The minimum Gasteiger partial charge on any atom is -0.361 e. The molecular formula is C12H18O6. The van der Waals surface area contributed by atoms with Gasteiger partial charge in [-0.1, -0.05) is 0 Å². The van der Waals surface area contributed by atoms with Gasteiger partial charge >= 0.3 is 0 Å². The molecule has 2 saturated heterocycles. The zero-order chi connectivity index (χ0) is 14.0. The number of carbonyl (C=O) groups is 2. The van der Waals surface area contributed by atoms with Crippen molar-refractivity contribution in [2.75, 3.05) is 0 Å². The van der Waals surface area contributed by atoms with Crippen molar-refractivity contribution >= 4 is 11.6 Å². The minimum atomic E-state index is -1.81. The highest BCUT2D eigenvalue weighted by Gasteiger charge is 2.73. The Kier molecular flexibility index (Phi) is 2.56. The van der Waals surface area contributed by atoms with Crippen molar-refractivity contribution in [3.05, 3.63) is 0 Å². The highest BCUT2D eigenvalue weighted by atomic mass is 16.9. The summed E-state index contributed by atoms with van der Waals surface area (Å²) < 4.78 is 16.4. The molecule has 0 aromatic heterocycles. The molecule has 2 fully saturated rings. The zero-order valence-electron chi connectivity index (χ0n) is 11.2. The van der Waals surface area contributed by atoms with E-state index in [9.17, 15) is 14.7 Å². The molecule has 6 nitrogen and oxygen atoms in total. The number of fused-ring (bicyclic) bond motifs is 1. The Morgan fingerprint density at radius 3 is 1.94 bits per heavy atom. The first-order chi connectivity index (χ1) is 7.97. The van der Waals surface area contributed by atoms with E-state index in [1.807, 2.05) is 0 Å². The second-order valence-electron chi connectivity index (χ2n) is 5.50. The molecule has 2 rings (SSSR count). The molecule has 0 spiro atoms. The summed E-state index contributed by atoms with van der Waals surface area (Å²) in [5.74, 6) is -5.51. The molecular weight excluding hydrogens is 240 g/mol. The maximum atomic E-state index is 11.6. The number of rotatable bonds is 2. The zero-order valence-corrected chi connectivity index (χ0v) is 11.2. The van der Waals surface area contributed by atoms with E-state index >= 15 is 0 Å². The molecule has 1 unspecified atom stereocenters. The van der Waals surface area contributed by atoms with Crippen LogP contribution in [-0.4, -0.2) is 39.6 Å². The van der Waals surface area contributed by atoms with Gasteiger partial charge in [0.25, 0.3) is 0 Å². The summed E-state index contributed by atoms with van der Waals surface area (Å²) in [5.41, 5.74) is -1.18. The number of carbonyl (C=O) groups excluding carboxylic acids is 2. The van der Waals surface area contributed by atoms with E-state index in [4.69, 9.17) is 14.2 Å². The SMILES string of the molecule is CC(=O)[C@@]1(C)OC2(C)O[C@@](C)(C(C)=O)C[C@@]2(O)O1. The summed E-state index contributed by atoms with van der Waals surface area (Å²) in [7, 11) is 0. The molecule has 0 radical (unpaired) electrons. The van der Waals surface area contributed by atoms with Crippen LogP contribution >= 0.6 is 0 Å². The number of Topliss-reactive ketones (excluding diaryl/α,β-unsaturated/α-hetero) is 2. The molecule has 4 atom stereocenters. The average Bonchev–Trinajstić information content (AvgIpc) is 2.43. The smallest absolute Gasteiger partial charge is 0.231 e. The van der Waals surface area contributed by atoms with Crippen LogP contribution in [0.3, 0.4) is 0 Å². The lowest BCUT2D eigenvalue weighted by atomic mass is 9.94. The van der Waals surface area contributed by atoms with E-state index in [1.165, 1.54) is 27.7 Å². The number of hydrogen-bond acceptors (Lipinski definition) is 6. The molecule has 0 amide bonds. The lowest BCUT2D eigenvalue weighted by Gasteiger charge is -2.29. The van der Waals surface area contributed by atoms with E-state index < -0.39 is 23.0 Å². The number of hydrogen-bond donors (Lipinski definition) is 1. The van der Waals surface area contributed by atoms with Crippen molar-refractivity contribution in [1.82, 2.24) is 0 Å². The topological polar surface area (TPSA) is 82.1 Å². The lowest BCUT2D eigenvalue weighted by molar-refractivity contribution is -0.271. The fourth-order valence-corrected chi connectivity index (χ4v) is 2.45. The Hall–Kier alpha value is -0.820. The van der Waals surface area contributed by atoms with E-state index in [0.717, 1.165) is 0 Å². The Balaban J connectivity index is 2.37. The second kappa shape index (κ2) is 3.39. The molecule has 18 heavy (non-hydrogen) atoms. The standard InChI is InChI=1S/C12H18O6/c1-7(13)9(3)6-12(15)11(5,16-9)17-10(4,18-12)8(2)14/h15H,6H2,1-5H3/t9-,10+,11?,12-/m1/s1. The fraction of sp³-hybridized carbons (Fsp3) is 0.833. The Morgan fingerprint density at radius 2 is 1.56 bits per heavy atom. The van der Waals surface area contributed by atoms with Crippen molar-refractivity contribution in [2.45, 2.75) is 64.0 Å². The molecule has 0 aromatic rings. The lowest BCUT2D eigenvalue weighted by Crippen LogP contribution is -2.45. The van der Waals surface area contributed by atoms with Crippen LogP contribution in [0.4, 0.5) is 0 Å². The van der Waals surface area contributed by atoms with E-state index in [-0.39, 0.29) is 18.0 Å². The quantitative estimate of drug-likeness (QED) is 0.777. The van der Waals surface area contributed by atoms with Crippen LogP contribution in [0.15, 0.2) is 0 Å². The number of ether oxygens (including phenoxy) is 3. The van der Waals surface area contributed by atoms with Crippen molar-refractivity contribution in [1.29, 1.82) is 0 Å². The predicted octanol–water partition coefficient (Wildman–Crippen LogP) is 0.511. The van der Waals surface area contributed by atoms with E-state index in [1.54, 1.807) is 6.92 Å². The Morgan fingerprint density at radius 1 is 1.00 bits per heavy atom. The van der Waals surface area contributed by atoms with Crippen LogP contribution < -0.4 is 0 Å². The molecule has 102 valence electrons. The Labute approximate surface area is 105 Å². The van der Waals surface area contributed by atoms with Crippen LogP contribution in [-0.2, 0) is 23.8 Å². The summed E-state index contributed by atoms with van der Waals surface area (Å²) in [5, 5.41) is 10.5. The summed E-state index contributed by atoms with van der Waals surface area (Å²) in [4.78, 5) is 23.1. The first-order valence-corrected chi connectivity index (χ1v) is 5.81.